The largest absolute Gasteiger partial charge is 0.465 e. The van der Waals surface area contributed by atoms with Crippen LogP contribution in [-0.2, 0) is 4.74 Å². The smallest absolute Gasteiger partial charge is 0.352 e. The van der Waals surface area contributed by atoms with Crippen LogP contribution in [0.2, 0.25) is 0 Å². The van der Waals surface area contributed by atoms with Crippen molar-refractivity contribution in [1.82, 2.24) is 0 Å². The van der Waals surface area contributed by atoms with Crippen LogP contribution >= 0.6 is 23.1 Å². The maximum atomic E-state index is 12.1. The van der Waals surface area contributed by atoms with E-state index < -0.39 is 11.6 Å². The number of fused-ring (bicyclic) bond motifs is 3. The average Bonchev–Trinajstić information content (AvgIpc) is 2.83. The van der Waals surface area contributed by atoms with Crippen LogP contribution < -0.4 is 5.63 Å². The third kappa shape index (κ3) is 1.83. The highest BCUT2D eigenvalue weighted by Gasteiger charge is 2.23. The van der Waals surface area contributed by atoms with E-state index in [1.165, 1.54) is 30.2 Å². The van der Waals surface area contributed by atoms with Gasteiger partial charge in [-0.2, -0.15) is 0 Å². The molecule has 1 aromatic carbocycles. The second-order valence-electron chi connectivity index (χ2n) is 4.05. The van der Waals surface area contributed by atoms with Crippen molar-refractivity contribution in [2.24, 2.45) is 0 Å². The first-order chi connectivity index (χ1) is 9.67. The number of thiophene rings is 1. The molecule has 6 heteroatoms. The Morgan fingerprint density at radius 1 is 1.35 bits per heavy atom. The van der Waals surface area contributed by atoms with Crippen LogP contribution in [0.4, 0.5) is 0 Å². The Hall–Kier alpha value is -1.79. The average molecular weight is 306 g/mol. The van der Waals surface area contributed by atoms with E-state index in [4.69, 9.17) is 4.42 Å². The van der Waals surface area contributed by atoms with Crippen molar-refractivity contribution in [3.05, 3.63) is 40.2 Å². The highest BCUT2D eigenvalue weighted by atomic mass is 32.2. The van der Waals surface area contributed by atoms with Crippen molar-refractivity contribution < 1.29 is 13.9 Å². The number of benzene rings is 1. The lowest BCUT2D eigenvalue weighted by Crippen LogP contribution is -2.16. The number of rotatable bonds is 2. The lowest BCUT2D eigenvalue weighted by atomic mass is 10.2. The molecule has 0 spiro atoms. The second kappa shape index (κ2) is 4.96. The Balaban J connectivity index is 2.50. The minimum atomic E-state index is -0.664. The Labute approximate surface area is 122 Å². The van der Waals surface area contributed by atoms with Gasteiger partial charge < -0.3 is 9.15 Å². The third-order valence-electron chi connectivity index (χ3n) is 2.98. The van der Waals surface area contributed by atoms with Gasteiger partial charge in [-0.1, -0.05) is 12.1 Å². The molecule has 0 amide bonds. The number of thioether (sulfide) groups is 1. The number of carbonyl (C=O) groups is 1. The molecular weight excluding hydrogens is 296 g/mol. The summed E-state index contributed by atoms with van der Waals surface area (Å²) in [4.78, 5) is 24.5. The molecule has 0 fully saturated rings. The minimum Gasteiger partial charge on any atom is -0.465 e. The topological polar surface area (TPSA) is 56.5 Å². The normalized spacial score (nSPS) is 11.1. The first-order valence-corrected chi connectivity index (χ1v) is 7.82. The van der Waals surface area contributed by atoms with Gasteiger partial charge in [0, 0.05) is 10.1 Å². The van der Waals surface area contributed by atoms with Gasteiger partial charge in [0.05, 0.1) is 16.7 Å². The number of ether oxygens (including phenoxy) is 1. The van der Waals surface area contributed by atoms with Crippen molar-refractivity contribution >= 4 is 49.4 Å². The molecule has 20 heavy (non-hydrogen) atoms. The molecule has 2 aromatic heterocycles. The summed E-state index contributed by atoms with van der Waals surface area (Å²) in [5.41, 5.74) is -0.149. The van der Waals surface area contributed by atoms with Gasteiger partial charge in [-0.05, 0) is 18.4 Å². The number of esters is 1. The number of hydrogen-bond acceptors (Lipinski definition) is 6. The molecule has 0 aliphatic carbocycles. The van der Waals surface area contributed by atoms with Crippen molar-refractivity contribution in [1.29, 1.82) is 0 Å². The van der Waals surface area contributed by atoms with Gasteiger partial charge in [0.15, 0.2) is 11.1 Å². The summed E-state index contributed by atoms with van der Waals surface area (Å²) in [6.07, 6.45) is 1.82. The summed E-state index contributed by atoms with van der Waals surface area (Å²) in [5.74, 6) is -0.664. The summed E-state index contributed by atoms with van der Waals surface area (Å²) in [5, 5.41) is 0.885. The van der Waals surface area contributed by atoms with Crippen molar-refractivity contribution in [2.45, 2.75) is 4.90 Å². The summed E-state index contributed by atoms with van der Waals surface area (Å²) < 4.78 is 11.8. The van der Waals surface area contributed by atoms with E-state index in [0.29, 0.717) is 10.5 Å². The van der Waals surface area contributed by atoms with Crippen LogP contribution in [0, 0.1) is 0 Å². The van der Waals surface area contributed by atoms with Crippen molar-refractivity contribution in [2.75, 3.05) is 13.4 Å². The van der Waals surface area contributed by atoms with Crippen molar-refractivity contribution in [3.63, 3.8) is 0 Å². The zero-order valence-electron chi connectivity index (χ0n) is 10.8. The molecule has 3 rings (SSSR count). The highest BCUT2D eigenvalue weighted by Crippen LogP contribution is 2.39. The molecule has 0 unspecified atom stereocenters. The van der Waals surface area contributed by atoms with Gasteiger partial charge in [-0.15, -0.1) is 23.1 Å². The van der Waals surface area contributed by atoms with Crippen LogP contribution in [0.1, 0.15) is 10.4 Å². The van der Waals surface area contributed by atoms with Gasteiger partial charge in [0.25, 0.3) is 0 Å². The predicted molar refractivity (Wildman–Crippen MR) is 81.0 cm³/mol. The van der Waals surface area contributed by atoms with E-state index in [9.17, 15) is 9.59 Å². The van der Waals surface area contributed by atoms with E-state index in [0.717, 1.165) is 14.8 Å². The van der Waals surface area contributed by atoms with Gasteiger partial charge in [0.1, 0.15) is 0 Å². The van der Waals surface area contributed by atoms with Gasteiger partial charge in [0.2, 0.25) is 0 Å². The Kier molecular flexibility index (Phi) is 3.27. The van der Waals surface area contributed by atoms with E-state index in [1.807, 2.05) is 30.5 Å². The number of carbonyl (C=O) groups excluding carboxylic acids is 1. The molecule has 0 aliphatic heterocycles. The molecule has 0 aliphatic rings. The lowest BCUT2D eigenvalue weighted by Gasteiger charge is -2.04. The molecule has 0 saturated heterocycles. The first kappa shape index (κ1) is 13.2. The van der Waals surface area contributed by atoms with Crippen LogP contribution in [0.15, 0.2) is 38.4 Å². The van der Waals surface area contributed by atoms with Crippen LogP contribution in [0.25, 0.3) is 20.4 Å². The van der Waals surface area contributed by atoms with Gasteiger partial charge in [-0.25, -0.2) is 9.59 Å². The van der Waals surface area contributed by atoms with Crippen LogP contribution in [-0.4, -0.2) is 19.3 Å². The van der Waals surface area contributed by atoms with Crippen molar-refractivity contribution in [3.8, 4) is 0 Å². The molecule has 4 nitrogen and oxygen atoms in total. The molecule has 0 radical (unpaired) electrons. The predicted octanol–water partition coefficient (Wildman–Crippen LogP) is 3.52. The maximum Gasteiger partial charge on any atom is 0.352 e. The van der Waals surface area contributed by atoms with Gasteiger partial charge >= 0.3 is 11.6 Å². The van der Waals surface area contributed by atoms with E-state index in [1.54, 1.807) is 0 Å². The standard InChI is InChI=1S/C14H10O4S2/c1-17-13(15)9-11(19-2)12-10(18-14(9)16)7-5-3-4-6-8(7)20-12/h3-6H,1-2H3. The number of methoxy groups -OCH3 is 1. The maximum absolute atomic E-state index is 12.1. The zero-order valence-corrected chi connectivity index (χ0v) is 12.4. The highest BCUT2D eigenvalue weighted by molar-refractivity contribution is 7.99. The van der Waals surface area contributed by atoms with Crippen LogP contribution in [0.3, 0.4) is 0 Å². The summed E-state index contributed by atoms with van der Waals surface area (Å²) in [6.45, 7) is 0. The molecular formula is C14H10O4S2. The third-order valence-corrected chi connectivity index (χ3v) is 5.09. The first-order valence-electron chi connectivity index (χ1n) is 5.78. The summed E-state index contributed by atoms with van der Waals surface area (Å²) >= 11 is 2.85. The Morgan fingerprint density at radius 2 is 2.10 bits per heavy atom. The quantitative estimate of drug-likeness (QED) is 0.535. The SMILES string of the molecule is COC(=O)c1c(SC)c2sc3ccccc3c2oc1=O. The second-order valence-corrected chi connectivity index (χ2v) is 5.91. The molecule has 3 aromatic rings. The molecule has 2 heterocycles. The molecule has 0 bridgehead atoms. The van der Waals surface area contributed by atoms with Gasteiger partial charge in [-0.3, -0.25) is 0 Å². The van der Waals surface area contributed by atoms with E-state index >= 15 is 0 Å². The fraction of sp³-hybridized carbons (Fsp3) is 0.143. The van der Waals surface area contributed by atoms with E-state index in [2.05, 4.69) is 4.74 Å². The number of hydrogen-bond donors (Lipinski definition) is 0. The molecule has 0 saturated carbocycles. The summed E-state index contributed by atoms with van der Waals surface area (Å²) in [7, 11) is 1.25. The fourth-order valence-corrected chi connectivity index (χ4v) is 4.20. The van der Waals surface area contributed by atoms with E-state index in [-0.39, 0.29) is 5.56 Å². The summed E-state index contributed by atoms with van der Waals surface area (Å²) in [6, 6.07) is 7.68. The molecule has 0 N–H and O–H groups in total. The lowest BCUT2D eigenvalue weighted by molar-refractivity contribution is 0.0592. The Morgan fingerprint density at radius 3 is 2.80 bits per heavy atom. The minimum absolute atomic E-state index is 0.0287. The fourth-order valence-electron chi connectivity index (χ4n) is 2.10. The molecule has 102 valence electrons. The van der Waals surface area contributed by atoms with Crippen LogP contribution in [0.5, 0.6) is 0 Å². The molecule has 0 atom stereocenters. The Bertz CT molecular complexity index is 876. The zero-order chi connectivity index (χ0) is 14.3. The monoisotopic (exact) mass is 306 g/mol.